The van der Waals surface area contributed by atoms with Crippen molar-refractivity contribution in [3.05, 3.63) is 0 Å². The Balaban J connectivity index is 3.71. The third-order valence-corrected chi connectivity index (χ3v) is 2.67. The van der Waals surface area contributed by atoms with Crippen LogP contribution < -0.4 is 5.73 Å². The first kappa shape index (κ1) is 8.14. The number of rotatable bonds is 2. The molecule has 0 aromatic rings. The molecule has 2 nitrogen and oxygen atoms in total. The Bertz CT molecular complexity index is 72.8. The first-order valence-electron chi connectivity index (χ1n) is 2.81. The normalized spacial score (nSPS) is 16.5. The lowest BCUT2D eigenvalue weighted by Gasteiger charge is -2.27. The second-order valence-electron chi connectivity index (χ2n) is 2.60. The van der Waals surface area contributed by atoms with Crippen LogP contribution in [0, 0.1) is 0 Å². The third kappa shape index (κ3) is 1.94. The summed E-state index contributed by atoms with van der Waals surface area (Å²) in [5, 5.41) is 0. The summed E-state index contributed by atoms with van der Waals surface area (Å²) in [6.07, 6.45) is 0. The van der Waals surface area contributed by atoms with E-state index in [0.717, 1.165) is 10.5 Å². The molecule has 8 heavy (non-hydrogen) atoms. The number of nitrogens with two attached hydrogens (primary N) is 1. The summed E-state index contributed by atoms with van der Waals surface area (Å²) in [4.78, 5) is 0. The molecule has 0 fully saturated rings. The van der Waals surface area contributed by atoms with Gasteiger partial charge in [-0.15, -0.1) is 0 Å². The van der Waals surface area contributed by atoms with Gasteiger partial charge in [0.1, 0.15) is 10.5 Å². The van der Waals surface area contributed by atoms with Crippen LogP contribution in [0.3, 0.4) is 0 Å². The molecule has 1 atom stereocenters. The molecule has 0 radical (unpaired) electrons. The SMILES string of the molecule is CC(N)C(C)(C)O[SiH3]. The van der Waals surface area contributed by atoms with E-state index in [1.54, 1.807) is 0 Å². The first-order valence-corrected chi connectivity index (χ1v) is 3.63. The second-order valence-corrected chi connectivity index (χ2v) is 3.00. The van der Waals surface area contributed by atoms with Crippen molar-refractivity contribution in [2.45, 2.75) is 32.4 Å². The van der Waals surface area contributed by atoms with Crippen molar-refractivity contribution in [3.63, 3.8) is 0 Å². The highest BCUT2D eigenvalue weighted by molar-refractivity contribution is 5.98. The largest absolute Gasteiger partial charge is 0.421 e. The predicted molar refractivity (Wildman–Crippen MR) is 38.8 cm³/mol. The predicted octanol–water partition coefficient (Wildman–Crippen LogP) is -0.591. The van der Waals surface area contributed by atoms with Crippen LogP contribution >= 0.6 is 0 Å². The Morgan fingerprint density at radius 3 is 2.00 bits per heavy atom. The molecule has 1 unspecified atom stereocenters. The summed E-state index contributed by atoms with van der Waals surface area (Å²) >= 11 is 0. The van der Waals surface area contributed by atoms with E-state index in [4.69, 9.17) is 10.2 Å². The Morgan fingerprint density at radius 1 is 1.62 bits per heavy atom. The lowest BCUT2D eigenvalue weighted by Crippen LogP contribution is -2.42. The fourth-order valence-corrected chi connectivity index (χ4v) is 0.558. The van der Waals surface area contributed by atoms with Gasteiger partial charge in [0, 0.05) is 6.04 Å². The zero-order chi connectivity index (χ0) is 6.78. The lowest BCUT2D eigenvalue weighted by molar-refractivity contribution is 0.0984. The molecule has 0 aromatic heterocycles. The van der Waals surface area contributed by atoms with Gasteiger partial charge in [0.25, 0.3) is 0 Å². The molecule has 0 aliphatic rings. The average Bonchev–Trinajstić information content (AvgIpc) is 1.67. The Hall–Kier alpha value is 0.137. The van der Waals surface area contributed by atoms with Crippen molar-refractivity contribution in [2.75, 3.05) is 0 Å². The molecule has 0 saturated heterocycles. The van der Waals surface area contributed by atoms with E-state index in [1.807, 2.05) is 20.8 Å². The standard InChI is InChI=1S/C5H15NOSi/c1-4(6)5(2,3)7-8/h4H,6H2,1-3,8H3. The van der Waals surface area contributed by atoms with Gasteiger partial charge in [-0.3, -0.25) is 0 Å². The topological polar surface area (TPSA) is 35.2 Å². The van der Waals surface area contributed by atoms with Gasteiger partial charge in [0.05, 0.1) is 5.60 Å². The van der Waals surface area contributed by atoms with Crippen molar-refractivity contribution < 1.29 is 4.43 Å². The molecule has 50 valence electrons. The fourth-order valence-electron chi connectivity index (χ4n) is 0.186. The van der Waals surface area contributed by atoms with Crippen LogP contribution in [0.1, 0.15) is 20.8 Å². The number of hydrogen-bond acceptors (Lipinski definition) is 2. The van der Waals surface area contributed by atoms with Crippen molar-refractivity contribution in [2.24, 2.45) is 5.73 Å². The molecular formula is C5H15NOSi. The molecule has 0 aliphatic carbocycles. The van der Waals surface area contributed by atoms with Gasteiger partial charge >= 0.3 is 0 Å². The van der Waals surface area contributed by atoms with Crippen LogP contribution in [0.15, 0.2) is 0 Å². The molecule has 0 heterocycles. The van der Waals surface area contributed by atoms with E-state index in [1.165, 1.54) is 0 Å². The maximum absolute atomic E-state index is 5.58. The molecule has 0 aromatic carbocycles. The Labute approximate surface area is 53.9 Å². The molecule has 0 aliphatic heterocycles. The van der Waals surface area contributed by atoms with Gasteiger partial charge in [-0.25, -0.2) is 0 Å². The average molecular weight is 133 g/mol. The van der Waals surface area contributed by atoms with E-state index in [2.05, 4.69) is 0 Å². The van der Waals surface area contributed by atoms with Crippen LogP contribution in [0.5, 0.6) is 0 Å². The van der Waals surface area contributed by atoms with E-state index < -0.39 is 0 Å². The summed E-state index contributed by atoms with van der Waals surface area (Å²) in [7, 11) is 0.765. The van der Waals surface area contributed by atoms with Crippen LogP contribution in [-0.2, 0) is 4.43 Å². The summed E-state index contributed by atoms with van der Waals surface area (Å²) in [5.41, 5.74) is 5.46. The second kappa shape index (κ2) is 2.62. The van der Waals surface area contributed by atoms with E-state index in [9.17, 15) is 0 Å². The first-order chi connectivity index (χ1) is 3.50. The third-order valence-electron chi connectivity index (χ3n) is 1.62. The minimum Gasteiger partial charge on any atom is -0.421 e. The summed E-state index contributed by atoms with van der Waals surface area (Å²) in [5.74, 6) is 0. The van der Waals surface area contributed by atoms with E-state index in [-0.39, 0.29) is 11.6 Å². The summed E-state index contributed by atoms with van der Waals surface area (Å²) in [6, 6.07) is 0.125. The minimum atomic E-state index is -0.119. The lowest BCUT2D eigenvalue weighted by atomic mass is 10.0. The van der Waals surface area contributed by atoms with Crippen molar-refractivity contribution in [1.29, 1.82) is 0 Å². The molecule has 0 amide bonds. The van der Waals surface area contributed by atoms with Gasteiger partial charge in [-0.2, -0.15) is 0 Å². The quantitative estimate of drug-likeness (QED) is 0.511. The van der Waals surface area contributed by atoms with Gasteiger partial charge in [-0.1, -0.05) is 0 Å². The highest BCUT2D eigenvalue weighted by Gasteiger charge is 2.19. The summed E-state index contributed by atoms with van der Waals surface area (Å²) in [6.45, 7) is 5.97. The molecule has 0 spiro atoms. The summed E-state index contributed by atoms with van der Waals surface area (Å²) < 4.78 is 5.21. The monoisotopic (exact) mass is 133 g/mol. The van der Waals surface area contributed by atoms with Crippen LogP contribution in [0.25, 0.3) is 0 Å². The fraction of sp³-hybridized carbons (Fsp3) is 1.00. The zero-order valence-electron chi connectivity index (χ0n) is 6.06. The van der Waals surface area contributed by atoms with E-state index in [0.29, 0.717) is 0 Å². The molecule has 0 rings (SSSR count). The molecular weight excluding hydrogens is 118 g/mol. The minimum absolute atomic E-state index is 0.119. The highest BCUT2D eigenvalue weighted by Crippen LogP contribution is 2.09. The maximum atomic E-state index is 5.58. The molecule has 0 saturated carbocycles. The van der Waals surface area contributed by atoms with Crippen molar-refractivity contribution >= 4 is 10.5 Å². The zero-order valence-corrected chi connectivity index (χ0v) is 8.06. The van der Waals surface area contributed by atoms with E-state index >= 15 is 0 Å². The smallest absolute Gasteiger partial charge is 0.146 e. The van der Waals surface area contributed by atoms with Gasteiger partial charge in [0.2, 0.25) is 0 Å². The Morgan fingerprint density at radius 2 is 2.00 bits per heavy atom. The van der Waals surface area contributed by atoms with Gasteiger partial charge in [-0.05, 0) is 20.8 Å². The Kier molecular flexibility index (Phi) is 2.66. The van der Waals surface area contributed by atoms with Crippen molar-refractivity contribution in [1.82, 2.24) is 0 Å². The molecule has 3 heteroatoms. The molecule has 2 N–H and O–H groups in total. The van der Waals surface area contributed by atoms with Gasteiger partial charge < -0.3 is 10.2 Å². The van der Waals surface area contributed by atoms with Crippen molar-refractivity contribution in [3.8, 4) is 0 Å². The van der Waals surface area contributed by atoms with Crippen LogP contribution in [0.4, 0.5) is 0 Å². The van der Waals surface area contributed by atoms with Crippen LogP contribution in [0.2, 0.25) is 0 Å². The van der Waals surface area contributed by atoms with Gasteiger partial charge in [0.15, 0.2) is 0 Å². The molecule has 0 bridgehead atoms. The maximum Gasteiger partial charge on any atom is 0.146 e. The van der Waals surface area contributed by atoms with Crippen LogP contribution in [-0.4, -0.2) is 22.1 Å². The highest BCUT2D eigenvalue weighted by atomic mass is 28.2. The number of hydrogen-bond donors (Lipinski definition) is 1.